The van der Waals surface area contributed by atoms with Crippen molar-refractivity contribution in [1.29, 1.82) is 0 Å². The Hall–Kier alpha value is -0.620. The van der Waals surface area contributed by atoms with Gasteiger partial charge in [-0.3, -0.25) is 4.79 Å². The molecular weight excluding hydrogens is 317 g/mol. The van der Waals surface area contributed by atoms with E-state index in [0.717, 1.165) is 9.99 Å². The molecule has 0 aliphatic heterocycles. The molecule has 0 aliphatic carbocycles. The van der Waals surface area contributed by atoms with E-state index in [2.05, 4.69) is 27.9 Å². The van der Waals surface area contributed by atoms with E-state index in [0.29, 0.717) is 18.5 Å². The third kappa shape index (κ3) is 4.49. The van der Waals surface area contributed by atoms with E-state index < -0.39 is 0 Å². The summed E-state index contributed by atoms with van der Waals surface area (Å²) in [6.45, 7) is 2.44. The molecule has 16 heavy (non-hydrogen) atoms. The highest BCUT2D eigenvalue weighted by atomic mass is 127. The lowest BCUT2D eigenvalue weighted by Gasteiger charge is -2.08. The first-order valence-electron chi connectivity index (χ1n) is 5.35. The number of carbonyl (C=O) groups is 1. The minimum Gasteiger partial charge on any atom is -0.393 e. The molecule has 0 radical (unpaired) electrons. The molecule has 3 nitrogen and oxygen atoms in total. The van der Waals surface area contributed by atoms with Crippen LogP contribution in [-0.4, -0.2) is 23.7 Å². The molecule has 2 N–H and O–H groups in total. The molecule has 1 amide bonds. The van der Waals surface area contributed by atoms with E-state index in [4.69, 9.17) is 0 Å². The molecular formula is C12H16INO2. The average molecular weight is 333 g/mol. The van der Waals surface area contributed by atoms with Gasteiger partial charge in [0.1, 0.15) is 0 Å². The number of aliphatic hydroxyl groups excluding tert-OH is 1. The van der Waals surface area contributed by atoms with Crippen molar-refractivity contribution in [3.63, 3.8) is 0 Å². The maximum Gasteiger partial charge on any atom is 0.251 e. The van der Waals surface area contributed by atoms with Gasteiger partial charge in [-0.15, -0.1) is 0 Å². The van der Waals surface area contributed by atoms with Crippen molar-refractivity contribution in [2.45, 2.75) is 25.9 Å². The molecule has 0 saturated carbocycles. The van der Waals surface area contributed by atoms with Crippen LogP contribution in [0.1, 0.15) is 30.1 Å². The molecule has 0 saturated heterocycles. The zero-order valence-corrected chi connectivity index (χ0v) is 11.4. The van der Waals surface area contributed by atoms with Crippen LogP contribution in [0.5, 0.6) is 0 Å². The zero-order valence-electron chi connectivity index (χ0n) is 9.24. The van der Waals surface area contributed by atoms with Gasteiger partial charge < -0.3 is 10.4 Å². The van der Waals surface area contributed by atoms with Crippen molar-refractivity contribution in [3.8, 4) is 0 Å². The van der Waals surface area contributed by atoms with Crippen molar-refractivity contribution in [3.05, 3.63) is 33.4 Å². The summed E-state index contributed by atoms with van der Waals surface area (Å²) in [5.41, 5.74) is 0.665. The summed E-state index contributed by atoms with van der Waals surface area (Å²) in [6.07, 6.45) is 1.00. The fourth-order valence-electron chi connectivity index (χ4n) is 1.29. The molecule has 0 bridgehead atoms. The predicted octanol–water partition coefficient (Wildman–Crippen LogP) is 2.18. The second-order valence-electron chi connectivity index (χ2n) is 3.62. The van der Waals surface area contributed by atoms with Crippen LogP contribution >= 0.6 is 22.6 Å². The maximum absolute atomic E-state index is 11.7. The summed E-state index contributed by atoms with van der Waals surface area (Å²) in [5.74, 6) is -0.0816. The van der Waals surface area contributed by atoms with E-state index in [-0.39, 0.29) is 12.0 Å². The largest absolute Gasteiger partial charge is 0.393 e. The Bertz CT molecular complexity index is 355. The van der Waals surface area contributed by atoms with Gasteiger partial charge in [0.2, 0.25) is 0 Å². The molecule has 1 unspecified atom stereocenters. The Labute approximate surface area is 109 Å². The SMILES string of the molecule is CCC(O)CCNC(=O)c1cccc(I)c1. The number of aliphatic hydroxyl groups is 1. The van der Waals surface area contributed by atoms with Crippen LogP contribution in [0.25, 0.3) is 0 Å². The second-order valence-corrected chi connectivity index (χ2v) is 4.86. The van der Waals surface area contributed by atoms with Crippen molar-refractivity contribution in [2.75, 3.05) is 6.54 Å². The van der Waals surface area contributed by atoms with Crippen LogP contribution in [0, 0.1) is 3.57 Å². The molecule has 0 heterocycles. The third-order valence-corrected chi connectivity index (χ3v) is 2.99. The van der Waals surface area contributed by atoms with Crippen LogP contribution in [0.2, 0.25) is 0 Å². The lowest BCUT2D eigenvalue weighted by Crippen LogP contribution is -2.27. The van der Waals surface area contributed by atoms with Gasteiger partial charge in [-0.2, -0.15) is 0 Å². The molecule has 0 aliphatic rings. The van der Waals surface area contributed by atoms with Gasteiger partial charge in [0.05, 0.1) is 6.10 Å². The number of benzene rings is 1. The van der Waals surface area contributed by atoms with E-state index in [1.165, 1.54) is 0 Å². The molecule has 4 heteroatoms. The van der Waals surface area contributed by atoms with Crippen molar-refractivity contribution in [2.24, 2.45) is 0 Å². The molecule has 1 rings (SSSR count). The molecule has 1 atom stereocenters. The number of hydrogen-bond donors (Lipinski definition) is 2. The standard InChI is InChI=1S/C12H16INO2/c1-2-11(15)6-7-14-12(16)9-4-3-5-10(13)8-9/h3-5,8,11,15H,2,6-7H2,1H3,(H,14,16). The number of halogens is 1. The number of nitrogens with one attached hydrogen (secondary N) is 1. The smallest absolute Gasteiger partial charge is 0.251 e. The van der Waals surface area contributed by atoms with Gasteiger partial charge in [0.25, 0.3) is 5.91 Å². The summed E-state index contributed by atoms with van der Waals surface area (Å²) < 4.78 is 1.04. The van der Waals surface area contributed by atoms with Gasteiger partial charge in [0.15, 0.2) is 0 Å². The molecule has 0 spiro atoms. The fraction of sp³-hybridized carbons (Fsp3) is 0.417. The Morgan fingerprint density at radius 1 is 1.56 bits per heavy atom. The zero-order chi connectivity index (χ0) is 12.0. The number of amides is 1. The molecule has 88 valence electrons. The Morgan fingerprint density at radius 3 is 2.94 bits per heavy atom. The summed E-state index contributed by atoms with van der Waals surface area (Å²) in [4.78, 5) is 11.7. The Balaban J connectivity index is 2.41. The summed E-state index contributed by atoms with van der Waals surface area (Å²) >= 11 is 2.17. The number of hydrogen-bond acceptors (Lipinski definition) is 2. The van der Waals surface area contributed by atoms with Crippen LogP contribution in [-0.2, 0) is 0 Å². The molecule has 0 aromatic heterocycles. The van der Waals surface area contributed by atoms with Crippen molar-refractivity contribution < 1.29 is 9.90 Å². The molecule has 1 aromatic carbocycles. The second kappa shape index (κ2) is 6.85. The van der Waals surface area contributed by atoms with Crippen molar-refractivity contribution in [1.82, 2.24) is 5.32 Å². The van der Waals surface area contributed by atoms with Gasteiger partial charge in [-0.25, -0.2) is 0 Å². The lowest BCUT2D eigenvalue weighted by atomic mass is 10.2. The molecule has 1 aromatic rings. The summed E-state index contributed by atoms with van der Waals surface area (Å²) in [5, 5.41) is 12.1. The minimum absolute atomic E-state index is 0.0816. The van der Waals surface area contributed by atoms with Gasteiger partial charge in [0, 0.05) is 15.7 Å². The van der Waals surface area contributed by atoms with Crippen LogP contribution in [0.3, 0.4) is 0 Å². The van der Waals surface area contributed by atoms with Gasteiger partial charge >= 0.3 is 0 Å². The lowest BCUT2D eigenvalue weighted by molar-refractivity contribution is 0.0942. The van der Waals surface area contributed by atoms with Crippen LogP contribution < -0.4 is 5.32 Å². The first kappa shape index (κ1) is 13.4. The Kier molecular flexibility index (Phi) is 5.76. The van der Waals surface area contributed by atoms with E-state index in [9.17, 15) is 9.90 Å². The predicted molar refractivity (Wildman–Crippen MR) is 72.4 cm³/mol. The van der Waals surface area contributed by atoms with Gasteiger partial charge in [-0.1, -0.05) is 13.0 Å². The van der Waals surface area contributed by atoms with Crippen molar-refractivity contribution >= 4 is 28.5 Å². The number of carbonyl (C=O) groups excluding carboxylic acids is 1. The average Bonchev–Trinajstić information content (AvgIpc) is 2.28. The van der Waals surface area contributed by atoms with Gasteiger partial charge in [-0.05, 0) is 53.6 Å². The summed E-state index contributed by atoms with van der Waals surface area (Å²) in [6, 6.07) is 7.43. The first-order valence-corrected chi connectivity index (χ1v) is 6.43. The third-order valence-electron chi connectivity index (χ3n) is 2.32. The minimum atomic E-state index is -0.323. The molecule has 0 fully saturated rings. The highest BCUT2D eigenvalue weighted by Crippen LogP contribution is 2.07. The van der Waals surface area contributed by atoms with E-state index in [1.807, 2.05) is 25.1 Å². The maximum atomic E-state index is 11.7. The number of rotatable bonds is 5. The highest BCUT2D eigenvalue weighted by molar-refractivity contribution is 14.1. The van der Waals surface area contributed by atoms with E-state index in [1.54, 1.807) is 6.07 Å². The monoisotopic (exact) mass is 333 g/mol. The normalized spacial score (nSPS) is 12.2. The van der Waals surface area contributed by atoms with Crippen LogP contribution in [0.15, 0.2) is 24.3 Å². The Morgan fingerprint density at radius 2 is 2.31 bits per heavy atom. The first-order chi connectivity index (χ1) is 7.63. The highest BCUT2D eigenvalue weighted by Gasteiger charge is 2.06. The summed E-state index contributed by atoms with van der Waals surface area (Å²) in [7, 11) is 0. The van der Waals surface area contributed by atoms with E-state index >= 15 is 0 Å². The van der Waals surface area contributed by atoms with Crippen LogP contribution in [0.4, 0.5) is 0 Å². The fourth-order valence-corrected chi connectivity index (χ4v) is 1.83. The topological polar surface area (TPSA) is 49.3 Å². The quantitative estimate of drug-likeness (QED) is 0.812.